The molecule has 0 aliphatic heterocycles. The zero-order valence-corrected chi connectivity index (χ0v) is 13.4. The molecule has 0 radical (unpaired) electrons. The van der Waals surface area contributed by atoms with Gasteiger partial charge in [-0.2, -0.15) is 0 Å². The zero-order chi connectivity index (χ0) is 16.2. The minimum Gasteiger partial charge on any atom is -0.335 e. The molecule has 1 heterocycles. The predicted octanol–water partition coefficient (Wildman–Crippen LogP) is 3.50. The first-order chi connectivity index (χ1) is 11.1. The van der Waals surface area contributed by atoms with E-state index in [1.165, 1.54) is 5.56 Å². The molecule has 0 bridgehead atoms. The highest BCUT2D eigenvalue weighted by Crippen LogP contribution is 2.17. The van der Waals surface area contributed by atoms with Crippen LogP contribution in [0, 0.1) is 0 Å². The maximum atomic E-state index is 12.4. The summed E-state index contributed by atoms with van der Waals surface area (Å²) in [6.07, 6.45) is 3.72. The molecule has 1 aromatic heterocycles. The van der Waals surface area contributed by atoms with Gasteiger partial charge in [-0.3, -0.25) is 4.57 Å². The quantitative estimate of drug-likeness (QED) is 0.801. The zero-order valence-electron chi connectivity index (χ0n) is 13.4. The molecule has 1 unspecified atom stereocenters. The summed E-state index contributed by atoms with van der Waals surface area (Å²) in [5.74, 6) is 0. The third-order valence-electron chi connectivity index (χ3n) is 4.04. The molecule has 1 amide bonds. The van der Waals surface area contributed by atoms with Crippen LogP contribution < -0.4 is 5.32 Å². The number of nitrogens with zero attached hydrogens (tertiary/aromatic N) is 2. The molecular weight excluding hydrogens is 286 g/mol. The Morgan fingerprint density at radius 1 is 1.00 bits per heavy atom. The van der Waals surface area contributed by atoms with E-state index in [4.69, 9.17) is 0 Å². The Morgan fingerprint density at radius 2 is 1.57 bits per heavy atom. The van der Waals surface area contributed by atoms with E-state index in [-0.39, 0.29) is 12.1 Å². The van der Waals surface area contributed by atoms with Crippen molar-refractivity contribution in [3.8, 4) is 0 Å². The third-order valence-corrected chi connectivity index (χ3v) is 4.04. The van der Waals surface area contributed by atoms with E-state index in [1.807, 2.05) is 69.0 Å². The van der Waals surface area contributed by atoms with Crippen LogP contribution >= 0.6 is 0 Å². The summed E-state index contributed by atoms with van der Waals surface area (Å²) in [5.41, 5.74) is 1.19. The number of fused-ring (bicyclic) bond motifs is 1. The number of likely N-dealkylation sites (N-methyl/N-ethyl adjacent to an activating group) is 1. The van der Waals surface area contributed by atoms with Crippen LogP contribution in [0.25, 0.3) is 10.8 Å². The minimum absolute atomic E-state index is 0.107. The number of benzene rings is 2. The van der Waals surface area contributed by atoms with Crippen LogP contribution in [0.2, 0.25) is 0 Å². The molecule has 4 heteroatoms. The molecule has 0 aliphatic carbocycles. The molecular formula is C19H21N3O. The highest BCUT2D eigenvalue weighted by Gasteiger charge is 2.15. The largest absolute Gasteiger partial charge is 0.335 e. The molecule has 4 nitrogen and oxygen atoms in total. The maximum absolute atomic E-state index is 12.4. The standard InChI is InChI=1S/C19H21N3O/c1-21(2)18(15-8-4-3-5-9-15)12-20-19(23)22-13-16-10-6-7-11-17(16)14-22/h3-11,13-14,18H,12H2,1-2H3,(H,20,23). The van der Waals surface area contributed by atoms with Gasteiger partial charge in [0.05, 0.1) is 6.04 Å². The number of rotatable bonds is 4. The summed E-state index contributed by atoms with van der Waals surface area (Å²) in [7, 11) is 4.04. The number of amides is 1. The van der Waals surface area contributed by atoms with Gasteiger partial charge in [-0.1, -0.05) is 54.6 Å². The van der Waals surface area contributed by atoms with Crippen molar-refractivity contribution >= 4 is 16.8 Å². The number of nitrogens with one attached hydrogen (secondary N) is 1. The highest BCUT2D eigenvalue weighted by molar-refractivity contribution is 5.88. The van der Waals surface area contributed by atoms with Crippen LogP contribution in [0.15, 0.2) is 67.0 Å². The van der Waals surface area contributed by atoms with Gasteiger partial charge in [-0.25, -0.2) is 4.79 Å². The average Bonchev–Trinajstić information content (AvgIpc) is 2.99. The summed E-state index contributed by atoms with van der Waals surface area (Å²) in [6.45, 7) is 0.560. The minimum atomic E-state index is -0.107. The Kier molecular flexibility index (Phi) is 4.44. The highest BCUT2D eigenvalue weighted by atomic mass is 16.2. The smallest absolute Gasteiger partial charge is 0.325 e. The second-order valence-corrected chi connectivity index (χ2v) is 5.87. The molecule has 118 valence electrons. The number of hydrogen-bond donors (Lipinski definition) is 1. The molecule has 3 aromatic rings. The normalized spacial score (nSPS) is 12.5. The van der Waals surface area contributed by atoms with Crippen molar-refractivity contribution in [2.75, 3.05) is 20.6 Å². The fraction of sp³-hybridized carbons (Fsp3) is 0.211. The summed E-state index contributed by atoms with van der Waals surface area (Å²) in [4.78, 5) is 14.5. The van der Waals surface area contributed by atoms with E-state index in [1.54, 1.807) is 4.57 Å². The summed E-state index contributed by atoms with van der Waals surface area (Å²) in [6, 6.07) is 18.2. The monoisotopic (exact) mass is 307 g/mol. The lowest BCUT2D eigenvalue weighted by Crippen LogP contribution is -2.36. The topological polar surface area (TPSA) is 37.3 Å². The van der Waals surface area contributed by atoms with Crippen molar-refractivity contribution in [2.45, 2.75) is 6.04 Å². The van der Waals surface area contributed by atoms with Crippen LogP contribution in [0.3, 0.4) is 0 Å². The van der Waals surface area contributed by atoms with Gasteiger partial charge in [0, 0.05) is 18.9 Å². The Morgan fingerprint density at radius 3 is 2.13 bits per heavy atom. The lowest BCUT2D eigenvalue weighted by Gasteiger charge is -2.25. The van der Waals surface area contributed by atoms with Crippen LogP contribution in [0.4, 0.5) is 4.79 Å². The number of carbonyl (C=O) groups is 1. The first-order valence-corrected chi connectivity index (χ1v) is 7.71. The van der Waals surface area contributed by atoms with Gasteiger partial charge in [-0.15, -0.1) is 0 Å². The molecule has 0 saturated carbocycles. The molecule has 2 aromatic carbocycles. The van der Waals surface area contributed by atoms with E-state index in [0.29, 0.717) is 6.54 Å². The van der Waals surface area contributed by atoms with Gasteiger partial charge in [-0.05, 0) is 30.4 Å². The SMILES string of the molecule is CN(C)C(CNC(=O)n1cc2ccccc2c1)c1ccccc1. The Balaban J connectivity index is 1.71. The van der Waals surface area contributed by atoms with Crippen LogP contribution in [-0.4, -0.2) is 36.1 Å². The first kappa shape index (κ1) is 15.3. The summed E-state index contributed by atoms with van der Waals surface area (Å²) >= 11 is 0. The average molecular weight is 307 g/mol. The lowest BCUT2D eigenvalue weighted by atomic mass is 10.1. The van der Waals surface area contributed by atoms with Gasteiger partial charge in [0.1, 0.15) is 0 Å². The molecule has 3 rings (SSSR count). The number of hydrogen-bond acceptors (Lipinski definition) is 2. The van der Waals surface area contributed by atoms with Crippen LogP contribution in [-0.2, 0) is 0 Å². The predicted molar refractivity (Wildman–Crippen MR) is 93.6 cm³/mol. The first-order valence-electron chi connectivity index (χ1n) is 7.71. The Hall–Kier alpha value is -2.59. The second-order valence-electron chi connectivity index (χ2n) is 5.87. The van der Waals surface area contributed by atoms with Crippen molar-refractivity contribution in [2.24, 2.45) is 0 Å². The van der Waals surface area contributed by atoms with Gasteiger partial charge in [0.25, 0.3) is 0 Å². The van der Waals surface area contributed by atoms with E-state index >= 15 is 0 Å². The molecule has 0 saturated heterocycles. The molecule has 1 atom stereocenters. The van der Waals surface area contributed by atoms with E-state index in [2.05, 4.69) is 22.3 Å². The molecule has 0 aliphatic rings. The number of aromatic nitrogens is 1. The van der Waals surface area contributed by atoms with E-state index < -0.39 is 0 Å². The summed E-state index contributed by atoms with van der Waals surface area (Å²) < 4.78 is 1.61. The molecule has 0 fully saturated rings. The van der Waals surface area contributed by atoms with Crippen LogP contribution in [0.5, 0.6) is 0 Å². The van der Waals surface area contributed by atoms with Gasteiger partial charge >= 0.3 is 6.03 Å². The van der Waals surface area contributed by atoms with Crippen molar-refractivity contribution in [3.05, 3.63) is 72.6 Å². The number of carbonyl (C=O) groups excluding carboxylic acids is 1. The Labute approximate surface area is 136 Å². The fourth-order valence-corrected chi connectivity index (χ4v) is 2.75. The second kappa shape index (κ2) is 6.67. The van der Waals surface area contributed by atoms with Crippen molar-refractivity contribution in [1.29, 1.82) is 0 Å². The molecule has 0 spiro atoms. The fourth-order valence-electron chi connectivity index (χ4n) is 2.75. The van der Waals surface area contributed by atoms with Crippen molar-refractivity contribution in [1.82, 2.24) is 14.8 Å². The van der Waals surface area contributed by atoms with E-state index in [0.717, 1.165) is 10.8 Å². The van der Waals surface area contributed by atoms with Crippen molar-refractivity contribution < 1.29 is 4.79 Å². The van der Waals surface area contributed by atoms with Gasteiger partial charge in [0.2, 0.25) is 0 Å². The van der Waals surface area contributed by atoms with Gasteiger partial charge < -0.3 is 10.2 Å². The third kappa shape index (κ3) is 3.43. The molecule has 1 N–H and O–H groups in total. The van der Waals surface area contributed by atoms with Gasteiger partial charge in [0.15, 0.2) is 0 Å². The lowest BCUT2D eigenvalue weighted by molar-refractivity contribution is 0.234. The summed E-state index contributed by atoms with van der Waals surface area (Å²) in [5, 5.41) is 5.15. The van der Waals surface area contributed by atoms with Crippen LogP contribution in [0.1, 0.15) is 11.6 Å². The van der Waals surface area contributed by atoms with Crippen molar-refractivity contribution in [3.63, 3.8) is 0 Å². The van der Waals surface area contributed by atoms with E-state index in [9.17, 15) is 4.79 Å². The maximum Gasteiger partial charge on any atom is 0.325 e. The molecule has 23 heavy (non-hydrogen) atoms. The Bertz CT molecular complexity index is 759.